The maximum Gasteiger partial charge on any atom is 0.309 e. The third-order valence-electron chi connectivity index (χ3n) is 2.11. The highest BCUT2D eigenvalue weighted by Gasteiger charge is 2.26. The van der Waals surface area contributed by atoms with E-state index in [1.54, 1.807) is 18.0 Å². The summed E-state index contributed by atoms with van der Waals surface area (Å²) < 4.78 is 4.88. The lowest BCUT2D eigenvalue weighted by atomic mass is 10.1. The normalized spacial score (nSPS) is 20.9. The second-order valence-corrected chi connectivity index (χ2v) is 4.17. The molecule has 1 saturated heterocycles. The van der Waals surface area contributed by atoms with E-state index in [9.17, 15) is 4.79 Å². The van der Waals surface area contributed by atoms with Gasteiger partial charge in [-0.05, 0) is 18.6 Å². The third-order valence-corrected chi connectivity index (χ3v) is 3.22. The molecule has 2 rings (SSSR count). The van der Waals surface area contributed by atoms with Crippen LogP contribution in [0.15, 0.2) is 29.4 Å². The van der Waals surface area contributed by atoms with Gasteiger partial charge in [-0.15, -0.1) is 11.8 Å². The molecule has 1 aromatic rings. The fourth-order valence-electron chi connectivity index (χ4n) is 1.31. The minimum atomic E-state index is -0.0616. The van der Waals surface area contributed by atoms with Gasteiger partial charge in [-0.2, -0.15) is 0 Å². The van der Waals surface area contributed by atoms with Crippen molar-refractivity contribution in [3.63, 3.8) is 0 Å². The van der Waals surface area contributed by atoms with Crippen molar-refractivity contribution in [1.82, 2.24) is 4.98 Å². The van der Waals surface area contributed by atoms with Gasteiger partial charge in [0.1, 0.15) is 0 Å². The number of aromatic nitrogens is 1. The standard InChI is InChI=1S/C10H11NO2S/c12-10-8(4-6-13-10)7-14-9-3-1-2-5-11-9/h1-3,5,8H,4,6-7H2. The lowest BCUT2D eigenvalue weighted by Crippen LogP contribution is -2.09. The van der Waals surface area contributed by atoms with Crippen LogP contribution in [-0.4, -0.2) is 23.3 Å². The zero-order valence-electron chi connectivity index (χ0n) is 7.68. The number of ether oxygens (including phenoxy) is 1. The zero-order chi connectivity index (χ0) is 9.80. The largest absolute Gasteiger partial charge is 0.465 e. The first-order valence-corrected chi connectivity index (χ1v) is 5.55. The lowest BCUT2D eigenvalue weighted by Gasteiger charge is -2.03. The summed E-state index contributed by atoms with van der Waals surface area (Å²) in [6, 6.07) is 5.78. The molecule has 1 unspecified atom stereocenters. The molecule has 2 heterocycles. The molecule has 74 valence electrons. The average Bonchev–Trinajstić information content (AvgIpc) is 2.63. The van der Waals surface area contributed by atoms with Crippen molar-refractivity contribution in [3.8, 4) is 0 Å². The number of hydrogen-bond acceptors (Lipinski definition) is 4. The van der Waals surface area contributed by atoms with Crippen molar-refractivity contribution in [2.45, 2.75) is 11.4 Å². The highest BCUT2D eigenvalue weighted by molar-refractivity contribution is 7.99. The molecule has 14 heavy (non-hydrogen) atoms. The molecule has 1 aliphatic heterocycles. The summed E-state index contributed by atoms with van der Waals surface area (Å²) in [7, 11) is 0. The highest BCUT2D eigenvalue weighted by Crippen LogP contribution is 2.23. The van der Waals surface area contributed by atoms with E-state index in [1.165, 1.54) is 0 Å². The fourth-order valence-corrected chi connectivity index (χ4v) is 2.29. The Morgan fingerprint density at radius 1 is 1.57 bits per heavy atom. The van der Waals surface area contributed by atoms with Gasteiger partial charge in [0.2, 0.25) is 0 Å². The number of rotatable bonds is 3. The van der Waals surface area contributed by atoms with E-state index in [2.05, 4.69) is 4.98 Å². The molecule has 0 aromatic carbocycles. The van der Waals surface area contributed by atoms with E-state index in [0.717, 1.165) is 17.2 Å². The van der Waals surface area contributed by atoms with Gasteiger partial charge in [0.15, 0.2) is 0 Å². The van der Waals surface area contributed by atoms with Gasteiger partial charge in [0.05, 0.1) is 17.6 Å². The molecule has 0 spiro atoms. The quantitative estimate of drug-likeness (QED) is 0.561. The Morgan fingerprint density at radius 3 is 3.14 bits per heavy atom. The summed E-state index contributed by atoms with van der Waals surface area (Å²) >= 11 is 1.61. The number of esters is 1. The van der Waals surface area contributed by atoms with Crippen molar-refractivity contribution in [1.29, 1.82) is 0 Å². The second-order valence-electron chi connectivity index (χ2n) is 3.13. The number of carbonyl (C=O) groups excluding carboxylic acids is 1. The van der Waals surface area contributed by atoms with Crippen LogP contribution < -0.4 is 0 Å². The molecule has 1 aromatic heterocycles. The minimum Gasteiger partial charge on any atom is -0.465 e. The lowest BCUT2D eigenvalue weighted by molar-refractivity contribution is -0.140. The Kier molecular flexibility index (Phi) is 3.03. The topological polar surface area (TPSA) is 39.2 Å². The predicted molar refractivity (Wildman–Crippen MR) is 54.0 cm³/mol. The first-order valence-electron chi connectivity index (χ1n) is 4.57. The molecule has 4 heteroatoms. The van der Waals surface area contributed by atoms with Crippen LogP contribution in [0.4, 0.5) is 0 Å². The third kappa shape index (κ3) is 2.26. The van der Waals surface area contributed by atoms with Crippen LogP contribution in [0, 0.1) is 5.92 Å². The van der Waals surface area contributed by atoms with Crippen molar-refractivity contribution in [2.24, 2.45) is 5.92 Å². The number of nitrogens with zero attached hydrogens (tertiary/aromatic N) is 1. The molecule has 3 nitrogen and oxygen atoms in total. The van der Waals surface area contributed by atoms with Gasteiger partial charge < -0.3 is 4.74 Å². The molecule has 0 amide bonds. The summed E-state index contributed by atoms with van der Waals surface area (Å²) in [4.78, 5) is 15.3. The van der Waals surface area contributed by atoms with Crippen LogP contribution in [0.3, 0.4) is 0 Å². The van der Waals surface area contributed by atoms with E-state index in [4.69, 9.17) is 4.74 Å². The molecular formula is C10H11NO2S. The number of hydrogen-bond donors (Lipinski definition) is 0. The number of pyridine rings is 1. The van der Waals surface area contributed by atoms with E-state index >= 15 is 0 Å². The van der Waals surface area contributed by atoms with Crippen LogP contribution in [0.1, 0.15) is 6.42 Å². The monoisotopic (exact) mass is 209 g/mol. The van der Waals surface area contributed by atoms with E-state index in [-0.39, 0.29) is 11.9 Å². The summed E-state index contributed by atoms with van der Waals surface area (Å²) in [5, 5.41) is 0.965. The first kappa shape index (κ1) is 9.52. The predicted octanol–water partition coefficient (Wildman–Crippen LogP) is 1.74. The van der Waals surface area contributed by atoms with E-state index < -0.39 is 0 Å². The zero-order valence-corrected chi connectivity index (χ0v) is 8.50. The summed E-state index contributed by atoms with van der Waals surface area (Å²) in [6.07, 6.45) is 2.61. The SMILES string of the molecule is O=C1OCCC1CSc1ccccn1. The van der Waals surface area contributed by atoms with Crippen LogP contribution in [0.25, 0.3) is 0 Å². The molecule has 0 radical (unpaired) electrons. The van der Waals surface area contributed by atoms with Crippen LogP contribution in [0.2, 0.25) is 0 Å². The van der Waals surface area contributed by atoms with Gasteiger partial charge in [-0.25, -0.2) is 4.98 Å². The van der Waals surface area contributed by atoms with Crippen molar-refractivity contribution >= 4 is 17.7 Å². The smallest absolute Gasteiger partial charge is 0.309 e. The Labute approximate surface area is 86.9 Å². The molecule has 1 atom stereocenters. The van der Waals surface area contributed by atoms with E-state index in [1.807, 2.05) is 18.2 Å². The highest BCUT2D eigenvalue weighted by atomic mass is 32.2. The number of cyclic esters (lactones) is 1. The summed E-state index contributed by atoms with van der Waals surface area (Å²) in [6.45, 7) is 0.576. The van der Waals surface area contributed by atoms with Crippen molar-refractivity contribution in [2.75, 3.05) is 12.4 Å². The molecule has 1 aliphatic rings. The summed E-state index contributed by atoms with van der Waals surface area (Å²) in [5.41, 5.74) is 0. The van der Waals surface area contributed by atoms with Gasteiger partial charge in [0, 0.05) is 11.9 Å². The maximum absolute atomic E-state index is 11.1. The van der Waals surface area contributed by atoms with Gasteiger partial charge in [-0.3, -0.25) is 4.79 Å². The Hall–Kier alpha value is -1.03. The summed E-state index contributed by atoms with van der Waals surface area (Å²) in [5.74, 6) is 0.769. The molecule has 0 aliphatic carbocycles. The maximum atomic E-state index is 11.1. The Balaban J connectivity index is 1.85. The fraction of sp³-hybridized carbons (Fsp3) is 0.400. The number of carbonyl (C=O) groups is 1. The molecule has 0 N–H and O–H groups in total. The van der Waals surface area contributed by atoms with Gasteiger partial charge >= 0.3 is 5.97 Å². The van der Waals surface area contributed by atoms with Crippen LogP contribution in [-0.2, 0) is 9.53 Å². The minimum absolute atomic E-state index is 0.0574. The Morgan fingerprint density at radius 2 is 2.50 bits per heavy atom. The van der Waals surface area contributed by atoms with Gasteiger partial charge in [0.25, 0.3) is 0 Å². The van der Waals surface area contributed by atoms with Crippen molar-refractivity contribution in [3.05, 3.63) is 24.4 Å². The second kappa shape index (κ2) is 4.46. The van der Waals surface area contributed by atoms with Gasteiger partial charge in [-0.1, -0.05) is 6.07 Å². The molecule has 0 saturated carbocycles. The Bertz CT molecular complexity index is 315. The number of thioether (sulfide) groups is 1. The van der Waals surface area contributed by atoms with Crippen LogP contribution >= 0.6 is 11.8 Å². The van der Waals surface area contributed by atoms with E-state index in [0.29, 0.717) is 6.61 Å². The van der Waals surface area contributed by atoms with Crippen LogP contribution in [0.5, 0.6) is 0 Å². The molecular weight excluding hydrogens is 198 g/mol. The first-order chi connectivity index (χ1) is 6.86. The van der Waals surface area contributed by atoms with Crippen molar-refractivity contribution < 1.29 is 9.53 Å². The molecule has 0 bridgehead atoms. The average molecular weight is 209 g/mol. The molecule has 1 fully saturated rings.